The highest BCUT2D eigenvalue weighted by Crippen LogP contribution is 2.18. The van der Waals surface area contributed by atoms with Gasteiger partial charge in [0.2, 0.25) is 11.8 Å². The van der Waals surface area contributed by atoms with Crippen LogP contribution in [-0.4, -0.2) is 43.0 Å². The molecule has 0 atom stereocenters. The molecule has 22 heavy (non-hydrogen) atoms. The summed E-state index contributed by atoms with van der Waals surface area (Å²) < 4.78 is 5.25. The Balaban J connectivity index is 1.91. The Hall–Kier alpha value is -1.88. The number of amides is 2. The lowest BCUT2D eigenvalue weighted by atomic mass is 9.95. The topological polar surface area (TPSA) is 58.6 Å². The van der Waals surface area contributed by atoms with Crippen LogP contribution in [0.1, 0.15) is 26.3 Å². The highest BCUT2D eigenvalue weighted by atomic mass is 16.5. The summed E-state index contributed by atoms with van der Waals surface area (Å²) in [5.41, 5.74) is 1.28. The summed E-state index contributed by atoms with van der Waals surface area (Å²) in [7, 11) is 0. The van der Waals surface area contributed by atoms with Gasteiger partial charge in [0.1, 0.15) is 0 Å². The molecule has 2 amide bonds. The maximum Gasteiger partial charge on any atom is 0.229 e. The van der Waals surface area contributed by atoms with E-state index in [0.717, 1.165) is 11.3 Å². The fourth-order valence-electron chi connectivity index (χ4n) is 2.12. The molecule has 1 aliphatic heterocycles. The second-order valence-corrected chi connectivity index (χ2v) is 6.57. The molecular formula is C17H24N2O3. The highest BCUT2D eigenvalue weighted by molar-refractivity contribution is 5.94. The minimum absolute atomic E-state index is 0.0235. The molecule has 0 saturated carbocycles. The molecule has 5 nitrogen and oxygen atoms in total. The number of carbonyl (C=O) groups is 2. The van der Waals surface area contributed by atoms with Gasteiger partial charge in [0.25, 0.3) is 0 Å². The molecule has 120 valence electrons. The predicted molar refractivity (Wildman–Crippen MR) is 85.6 cm³/mol. The summed E-state index contributed by atoms with van der Waals surface area (Å²) in [5.74, 6) is 0.0967. The van der Waals surface area contributed by atoms with E-state index in [9.17, 15) is 9.59 Å². The van der Waals surface area contributed by atoms with Crippen molar-refractivity contribution in [2.75, 3.05) is 31.6 Å². The Bertz CT molecular complexity index is 526. The number of nitrogens with one attached hydrogen (secondary N) is 1. The summed E-state index contributed by atoms with van der Waals surface area (Å²) >= 11 is 0. The van der Waals surface area contributed by atoms with Crippen LogP contribution in [0.4, 0.5) is 5.69 Å². The van der Waals surface area contributed by atoms with E-state index in [1.54, 1.807) is 0 Å². The zero-order valence-corrected chi connectivity index (χ0v) is 13.5. The zero-order chi connectivity index (χ0) is 16.2. The van der Waals surface area contributed by atoms with Crippen LogP contribution in [0.25, 0.3) is 0 Å². The first kappa shape index (κ1) is 16.5. The van der Waals surface area contributed by atoms with Crippen molar-refractivity contribution < 1.29 is 14.3 Å². The Kier molecular flexibility index (Phi) is 5.19. The van der Waals surface area contributed by atoms with Crippen LogP contribution < -0.4 is 5.32 Å². The first-order valence-corrected chi connectivity index (χ1v) is 7.62. The average molecular weight is 304 g/mol. The number of anilines is 1. The number of carbonyl (C=O) groups excluding carboxylic acids is 2. The predicted octanol–water partition coefficient (Wildman–Crippen LogP) is 2.07. The van der Waals surface area contributed by atoms with Gasteiger partial charge in [0.05, 0.1) is 19.6 Å². The van der Waals surface area contributed by atoms with Gasteiger partial charge in [-0.15, -0.1) is 0 Å². The Morgan fingerprint density at radius 2 is 1.73 bits per heavy atom. The van der Waals surface area contributed by atoms with E-state index in [2.05, 4.69) is 5.32 Å². The van der Waals surface area contributed by atoms with Crippen LogP contribution in [0.3, 0.4) is 0 Å². The molecule has 1 N–H and O–H groups in total. The first-order valence-electron chi connectivity index (χ1n) is 7.62. The lowest BCUT2D eigenvalue weighted by molar-refractivity contribution is -0.134. The van der Waals surface area contributed by atoms with Crippen LogP contribution in [-0.2, 0) is 20.7 Å². The van der Waals surface area contributed by atoms with Crippen LogP contribution in [0.15, 0.2) is 24.3 Å². The minimum Gasteiger partial charge on any atom is -0.378 e. The zero-order valence-electron chi connectivity index (χ0n) is 13.5. The number of hydrogen-bond acceptors (Lipinski definition) is 3. The SMILES string of the molecule is CC(C)(C)C(=O)Nc1ccc(CC(=O)N2CCOCC2)cc1. The molecule has 0 radical (unpaired) electrons. The molecule has 1 aliphatic rings. The Labute approximate surface area is 131 Å². The summed E-state index contributed by atoms with van der Waals surface area (Å²) in [6, 6.07) is 7.45. The molecule has 5 heteroatoms. The third-order valence-corrected chi connectivity index (χ3v) is 3.61. The van der Waals surface area contributed by atoms with Gasteiger partial charge in [0.15, 0.2) is 0 Å². The number of rotatable bonds is 3. The van der Waals surface area contributed by atoms with Crippen LogP contribution in [0, 0.1) is 5.41 Å². The van der Waals surface area contributed by atoms with E-state index in [1.807, 2.05) is 49.9 Å². The molecule has 0 aliphatic carbocycles. The summed E-state index contributed by atoms with van der Waals surface area (Å²) in [6.07, 6.45) is 0.382. The highest BCUT2D eigenvalue weighted by Gasteiger charge is 2.21. The van der Waals surface area contributed by atoms with E-state index in [4.69, 9.17) is 4.74 Å². The van der Waals surface area contributed by atoms with Gasteiger partial charge in [-0.2, -0.15) is 0 Å². The maximum atomic E-state index is 12.2. The van der Waals surface area contributed by atoms with Crippen molar-refractivity contribution in [3.63, 3.8) is 0 Å². The van der Waals surface area contributed by atoms with Gasteiger partial charge < -0.3 is 15.0 Å². The second kappa shape index (κ2) is 6.92. The molecule has 0 bridgehead atoms. The van der Waals surface area contributed by atoms with E-state index in [1.165, 1.54) is 0 Å². The molecule has 2 rings (SSSR count). The second-order valence-electron chi connectivity index (χ2n) is 6.57. The van der Waals surface area contributed by atoms with Gasteiger partial charge in [-0.1, -0.05) is 32.9 Å². The maximum absolute atomic E-state index is 12.2. The molecule has 0 unspecified atom stereocenters. The molecular weight excluding hydrogens is 280 g/mol. The summed E-state index contributed by atoms with van der Waals surface area (Å²) in [4.78, 5) is 25.9. The number of benzene rings is 1. The fourth-order valence-corrected chi connectivity index (χ4v) is 2.12. The minimum atomic E-state index is -0.426. The largest absolute Gasteiger partial charge is 0.378 e. The van der Waals surface area contributed by atoms with Crippen LogP contribution in [0.2, 0.25) is 0 Å². The van der Waals surface area contributed by atoms with Crippen molar-refractivity contribution in [3.05, 3.63) is 29.8 Å². The molecule has 0 spiro atoms. The Morgan fingerprint density at radius 1 is 1.14 bits per heavy atom. The molecule has 1 saturated heterocycles. The van der Waals surface area contributed by atoms with Crippen molar-refractivity contribution >= 4 is 17.5 Å². The van der Waals surface area contributed by atoms with Crippen molar-refractivity contribution in [1.82, 2.24) is 4.90 Å². The Morgan fingerprint density at radius 3 is 2.27 bits per heavy atom. The lowest BCUT2D eigenvalue weighted by Gasteiger charge is -2.26. The van der Waals surface area contributed by atoms with Gasteiger partial charge in [-0.05, 0) is 17.7 Å². The van der Waals surface area contributed by atoms with E-state index in [0.29, 0.717) is 32.7 Å². The number of morpholine rings is 1. The van der Waals surface area contributed by atoms with Crippen molar-refractivity contribution in [2.45, 2.75) is 27.2 Å². The third kappa shape index (κ3) is 4.56. The molecule has 0 aromatic heterocycles. The number of nitrogens with zero attached hydrogens (tertiary/aromatic N) is 1. The number of hydrogen-bond donors (Lipinski definition) is 1. The smallest absolute Gasteiger partial charge is 0.229 e. The van der Waals surface area contributed by atoms with E-state index in [-0.39, 0.29) is 11.8 Å². The summed E-state index contributed by atoms with van der Waals surface area (Å²) in [5, 5.41) is 2.87. The van der Waals surface area contributed by atoms with Crippen LogP contribution in [0.5, 0.6) is 0 Å². The fraction of sp³-hybridized carbons (Fsp3) is 0.529. The van der Waals surface area contributed by atoms with Gasteiger partial charge in [-0.3, -0.25) is 9.59 Å². The molecule has 1 aromatic carbocycles. The molecule has 1 heterocycles. The standard InChI is InChI=1S/C17H24N2O3/c1-17(2,3)16(21)18-14-6-4-13(5-7-14)12-15(20)19-8-10-22-11-9-19/h4-7H,8-12H2,1-3H3,(H,18,21). The van der Waals surface area contributed by atoms with E-state index < -0.39 is 5.41 Å². The van der Waals surface area contributed by atoms with Crippen molar-refractivity contribution in [1.29, 1.82) is 0 Å². The van der Waals surface area contributed by atoms with Gasteiger partial charge >= 0.3 is 0 Å². The third-order valence-electron chi connectivity index (χ3n) is 3.61. The van der Waals surface area contributed by atoms with Crippen molar-refractivity contribution in [3.8, 4) is 0 Å². The lowest BCUT2D eigenvalue weighted by Crippen LogP contribution is -2.41. The summed E-state index contributed by atoms with van der Waals surface area (Å²) in [6.45, 7) is 8.18. The monoisotopic (exact) mass is 304 g/mol. The molecule has 1 aromatic rings. The van der Waals surface area contributed by atoms with Gasteiger partial charge in [-0.25, -0.2) is 0 Å². The first-order chi connectivity index (χ1) is 10.4. The molecule has 1 fully saturated rings. The quantitative estimate of drug-likeness (QED) is 0.930. The van der Waals surface area contributed by atoms with Gasteiger partial charge in [0, 0.05) is 24.2 Å². The van der Waals surface area contributed by atoms with E-state index >= 15 is 0 Å². The van der Waals surface area contributed by atoms with Crippen LogP contribution >= 0.6 is 0 Å². The average Bonchev–Trinajstić information content (AvgIpc) is 2.49. The normalized spacial score (nSPS) is 15.5. The number of ether oxygens (including phenoxy) is 1. The van der Waals surface area contributed by atoms with Crippen molar-refractivity contribution in [2.24, 2.45) is 5.41 Å².